The summed E-state index contributed by atoms with van der Waals surface area (Å²) in [5, 5.41) is 66.2. The van der Waals surface area contributed by atoms with Crippen molar-refractivity contribution in [3.05, 3.63) is 72.8 Å². The van der Waals surface area contributed by atoms with Gasteiger partial charge >= 0.3 is 28.4 Å². The summed E-state index contributed by atoms with van der Waals surface area (Å²) in [6, 6.07) is 0. The van der Waals surface area contributed by atoms with Gasteiger partial charge in [-0.2, -0.15) is 0 Å². The first-order valence-electron chi connectivity index (χ1n) is 5.64. The molecular weight excluding hydrogens is 372 g/mol. The van der Waals surface area contributed by atoms with E-state index in [1.165, 1.54) is 0 Å². The quantitative estimate of drug-likeness (QED) is 0.485. The summed E-state index contributed by atoms with van der Waals surface area (Å²) in [5.74, 6) is 0. The summed E-state index contributed by atoms with van der Waals surface area (Å²) in [7, 11) is 0. The summed E-state index contributed by atoms with van der Waals surface area (Å²) in [5.41, 5.74) is -14.0. The van der Waals surface area contributed by atoms with E-state index in [4.69, 9.17) is 0 Å². The van der Waals surface area contributed by atoms with Crippen LogP contribution in [-0.4, -0.2) is 29.5 Å². The molecule has 18 heteroatoms. The van der Waals surface area contributed by atoms with Crippen molar-refractivity contribution in [2.45, 2.75) is 0 Å². The smallest absolute Gasteiger partial charge is 0.258 e. The van der Waals surface area contributed by atoms with Crippen molar-refractivity contribution in [1.82, 2.24) is 0 Å². The van der Waals surface area contributed by atoms with Crippen LogP contribution < -0.4 is 0 Å². The molecule has 0 aliphatic carbocycles. The maximum Gasteiger partial charge on any atom is 0.437 e. The molecule has 0 N–H and O–H groups in total. The van der Waals surface area contributed by atoms with E-state index in [-0.39, 0.29) is 0 Å². The lowest BCUT2D eigenvalue weighted by Gasteiger charge is -2.04. The first kappa shape index (κ1) is 19.4. The van der Waals surface area contributed by atoms with Crippen molar-refractivity contribution in [1.29, 1.82) is 0 Å². The third-order valence-corrected chi connectivity index (χ3v) is 2.79. The minimum atomic E-state index is -2.17. The molecular formula is C8H2N6O12. The van der Waals surface area contributed by atoms with Crippen molar-refractivity contribution in [3.63, 3.8) is 0 Å². The molecule has 0 radical (unpaired) electrons. The van der Waals surface area contributed by atoms with Crippen LogP contribution in [0.15, 0.2) is 6.58 Å². The molecule has 26 heavy (non-hydrogen) atoms. The summed E-state index contributed by atoms with van der Waals surface area (Å²) in [6.45, 7) is 2.66. The van der Waals surface area contributed by atoms with Crippen LogP contribution in [0, 0.1) is 60.7 Å². The fourth-order valence-corrected chi connectivity index (χ4v) is 1.92. The highest BCUT2D eigenvalue weighted by molar-refractivity contribution is 5.92. The molecule has 0 heterocycles. The first-order valence-corrected chi connectivity index (χ1v) is 5.64. The summed E-state index contributed by atoms with van der Waals surface area (Å²) >= 11 is 0. The molecule has 0 unspecified atom stereocenters. The highest BCUT2D eigenvalue weighted by atomic mass is 16.7. The van der Waals surface area contributed by atoms with Crippen molar-refractivity contribution in [2.75, 3.05) is 0 Å². The Kier molecular flexibility index (Phi) is 4.82. The summed E-state index contributed by atoms with van der Waals surface area (Å²) in [6.07, 6.45) is 0. The highest BCUT2D eigenvalue weighted by Gasteiger charge is 2.56. The zero-order chi connectivity index (χ0) is 20.5. The number of hydrogen-bond donors (Lipinski definition) is 0. The lowest BCUT2D eigenvalue weighted by atomic mass is 10.0. The molecule has 1 aromatic rings. The minimum absolute atomic E-state index is 1.53. The van der Waals surface area contributed by atoms with E-state index in [2.05, 4.69) is 6.58 Å². The van der Waals surface area contributed by atoms with Crippen LogP contribution >= 0.6 is 0 Å². The topological polar surface area (TPSA) is 259 Å². The Hall–Kier alpha value is -4.64. The van der Waals surface area contributed by atoms with Crippen LogP contribution in [0.2, 0.25) is 0 Å². The molecule has 0 amide bonds. The monoisotopic (exact) mass is 374 g/mol. The molecule has 1 rings (SSSR count). The average molecular weight is 374 g/mol. The van der Waals surface area contributed by atoms with Gasteiger partial charge in [0.25, 0.3) is 5.70 Å². The van der Waals surface area contributed by atoms with E-state index >= 15 is 0 Å². The number of nitro groups is 6. The van der Waals surface area contributed by atoms with E-state index in [0.29, 0.717) is 0 Å². The Morgan fingerprint density at radius 2 is 0.769 bits per heavy atom. The second kappa shape index (κ2) is 6.46. The molecule has 136 valence electrons. The van der Waals surface area contributed by atoms with Gasteiger partial charge in [0.15, 0.2) is 0 Å². The van der Waals surface area contributed by atoms with Gasteiger partial charge in [0, 0.05) is 0 Å². The van der Waals surface area contributed by atoms with Crippen LogP contribution in [0.4, 0.5) is 28.4 Å². The predicted molar refractivity (Wildman–Crippen MR) is 75.7 cm³/mol. The number of nitrogens with zero attached hydrogens (tertiary/aromatic N) is 6. The fraction of sp³-hybridized carbons (Fsp3) is 0. The Balaban J connectivity index is 4.56. The number of rotatable bonds is 7. The van der Waals surface area contributed by atoms with Crippen molar-refractivity contribution in [3.8, 4) is 0 Å². The molecule has 0 aliphatic heterocycles. The van der Waals surface area contributed by atoms with Crippen LogP contribution in [-0.2, 0) is 0 Å². The molecule has 0 saturated heterocycles. The standard InChI is InChI=1S/C8H2N6O12/c1-2(9(15)16)3-4(10(17)18)6(12(21)22)8(14(25)26)7(13(23)24)5(3)11(19)20/h1H2. The number of nitro benzene ring substituents is 5. The highest BCUT2D eigenvalue weighted by Crippen LogP contribution is 2.53. The van der Waals surface area contributed by atoms with E-state index in [0.717, 1.165) is 0 Å². The fourth-order valence-electron chi connectivity index (χ4n) is 1.92. The van der Waals surface area contributed by atoms with Crippen LogP contribution in [0.5, 0.6) is 0 Å². The zero-order valence-electron chi connectivity index (χ0n) is 11.8. The van der Waals surface area contributed by atoms with Crippen LogP contribution in [0.1, 0.15) is 5.56 Å². The normalized spacial score (nSPS) is 10.0. The largest absolute Gasteiger partial charge is 0.437 e. The predicted octanol–water partition coefficient (Wildman–Crippen LogP) is 1.48. The van der Waals surface area contributed by atoms with Gasteiger partial charge in [-0.1, -0.05) is 0 Å². The van der Waals surface area contributed by atoms with Crippen LogP contribution in [0.25, 0.3) is 5.70 Å². The van der Waals surface area contributed by atoms with E-state index < -0.39 is 69.2 Å². The van der Waals surface area contributed by atoms with Gasteiger partial charge in [-0.15, -0.1) is 0 Å². The molecule has 0 fully saturated rings. The van der Waals surface area contributed by atoms with E-state index in [1.807, 2.05) is 0 Å². The number of hydrogen-bond acceptors (Lipinski definition) is 12. The lowest BCUT2D eigenvalue weighted by molar-refractivity contribution is -0.461. The summed E-state index contributed by atoms with van der Waals surface area (Å²) in [4.78, 5) is 55.8. The summed E-state index contributed by atoms with van der Waals surface area (Å²) < 4.78 is 0. The Morgan fingerprint density at radius 1 is 0.538 bits per heavy atom. The second-order valence-corrected chi connectivity index (χ2v) is 4.11. The van der Waals surface area contributed by atoms with Crippen LogP contribution in [0.3, 0.4) is 0 Å². The minimum Gasteiger partial charge on any atom is -0.258 e. The van der Waals surface area contributed by atoms with E-state index in [1.54, 1.807) is 0 Å². The molecule has 0 saturated carbocycles. The molecule has 0 bridgehead atoms. The second-order valence-electron chi connectivity index (χ2n) is 4.11. The molecule has 0 spiro atoms. The molecule has 0 atom stereocenters. The molecule has 0 aromatic heterocycles. The van der Waals surface area contributed by atoms with Crippen molar-refractivity contribution < 1.29 is 29.5 Å². The third kappa shape index (κ3) is 2.91. The zero-order valence-corrected chi connectivity index (χ0v) is 11.8. The maximum atomic E-state index is 11.1. The maximum absolute atomic E-state index is 11.1. The molecule has 0 aliphatic rings. The van der Waals surface area contributed by atoms with Gasteiger partial charge in [0.2, 0.25) is 5.56 Å². The van der Waals surface area contributed by atoms with Gasteiger partial charge in [-0.05, 0) is 6.58 Å². The average Bonchev–Trinajstić information content (AvgIpc) is 2.49. The van der Waals surface area contributed by atoms with Gasteiger partial charge in [-0.3, -0.25) is 60.7 Å². The van der Waals surface area contributed by atoms with Gasteiger partial charge in [0.05, 0.1) is 29.5 Å². The van der Waals surface area contributed by atoms with Gasteiger partial charge in [0.1, 0.15) is 0 Å². The Labute approximate surface area is 137 Å². The van der Waals surface area contributed by atoms with Crippen molar-refractivity contribution in [2.24, 2.45) is 0 Å². The Bertz CT molecular complexity index is 881. The number of benzene rings is 1. The SMILES string of the molecule is C=C(c1c([N+](=O)[O-])c([N+](=O)[O-])c([N+](=O)[O-])c([N+](=O)[O-])c1[N+](=O)[O-])[N+](=O)[O-]. The molecule has 1 aromatic carbocycles. The molecule has 18 nitrogen and oxygen atoms in total. The lowest BCUT2D eigenvalue weighted by Crippen LogP contribution is -2.12. The van der Waals surface area contributed by atoms with E-state index in [9.17, 15) is 60.7 Å². The first-order chi connectivity index (χ1) is 11.8. The van der Waals surface area contributed by atoms with Gasteiger partial charge in [-0.25, -0.2) is 0 Å². The van der Waals surface area contributed by atoms with Crippen molar-refractivity contribution >= 4 is 34.1 Å². The van der Waals surface area contributed by atoms with Gasteiger partial charge < -0.3 is 0 Å². The Morgan fingerprint density at radius 3 is 0.962 bits per heavy atom. The third-order valence-electron chi connectivity index (χ3n) is 2.79.